The fourth-order valence-electron chi connectivity index (χ4n) is 2.33. The highest BCUT2D eigenvalue weighted by molar-refractivity contribution is 9.10. The van der Waals surface area contributed by atoms with E-state index in [1.54, 1.807) is 10.4 Å². The fraction of sp³-hybridized carbons (Fsp3) is 0.538. The average Bonchev–Trinajstić information content (AvgIpc) is 2.33. The van der Waals surface area contributed by atoms with Crippen molar-refractivity contribution in [3.05, 3.63) is 27.2 Å². The van der Waals surface area contributed by atoms with Crippen molar-refractivity contribution in [2.75, 3.05) is 13.1 Å². The Bertz CT molecular complexity index is 589. The van der Waals surface area contributed by atoms with Gasteiger partial charge in [0.05, 0.1) is 4.90 Å². The number of hydrogen-bond donors (Lipinski definition) is 0. The molecule has 0 saturated carbocycles. The van der Waals surface area contributed by atoms with Gasteiger partial charge in [0.15, 0.2) is 0 Å². The predicted molar refractivity (Wildman–Crippen MR) is 81.0 cm³/mol. The molecule has 0 bridgehead atoms. The molecule has 2 rings (SSSR count). The molecular formula is C13H17BrClNO2S. The van der Waals surface area contributed by atoms with Crippen molar-refractivity contribution in [2.24, 2.45) is 5.92 Å². The van der Waals surface area contributed by atoms with E-state index in [1.807, 2.05) is 6.92 Å². The van der Waals surface area contributed by atoms with E-state index < -0.39 is 10.0 Å². The first-order valence-corrected chi connectivity index (χ1v) is 8.89. The van der Waals surface area contributed by atoms with E-state index >= 15 is 0 Å². The highest BCUT2D eigenvalue weighted by atomic mass is 79.9. The topological polar surface area (TPSA) is 37.4 Å². The summed E-state index contributed by atoms with van der Waals surface area (Å²) in [6.45, 7) is 5.11. The molecular weight excluding hydrogens is 350 g/mol. The second-order valence-electron chi connectivity index (χ2n) is 5.14. The van der Waals surface area contributed by atoms with Crippen LogP contribution in [0, 0.1) is 12.8 Å². The molecule has 3 nitrogen and oxygen atoms in total. The molecule has 0 amide bonds. The number of piperidine rings is 1. The summed E-state index contributed by atoms with van der Waals surface area (Å²) in [5.41, 5.74) is 0.861. The Morgan fingerprint density at radius 2 is 2.11 bits per heavy atom. The number of sulfonamides is 1. The minimum Gasteiger partial charge on any atom is -0.207 e. The maximum absolute atomic E-state index is 12.7. The second-order valence-corrected chi connectivity index (χ2v) is 8.31. The van der Waals surface area contributed by atoms with E-state index in [0.717, 1.165) is 18.4 Å². The van der Waals surface area contributed by atoms with Crippen LogP contribution < -0.4 is 0 Å². The third-order valence-electron chi connectivity index (χ3n) is 3.45. The smallest absolute Gasteiger partial charge is 0.207 e. The van der Waals surface area contributed by atoms with Crippen molar-refractivity contribution in [3.63, 3.8) is 0 Å². The Kier molecular flexibility index (Phi) is 4.60. The molecule has 0 radical (unpaired) electrons. The largest absolute Gasteiger partial charge is 0.244 e. The number of benzene rings is 1. The summed E-state index contributed by atoms with van der Waals surface area (Å²) in [5.74, 6) is 0.406. The molecule has 1 aromatic rings. The second kappa shape index (κ2) is 5.72. The molecule has 19 heavy (non-hydrogen) atoms. The average molecular weight is 367 g/mol. The molecule has 1 fully saturated rings. The van der Waals surface area contributed by atoms with Crippen molar-refractivity contribution in [3.8, 4) is 0 Å². The van der Waals surface area contributed by atoms with Crippen molar-refractivity contribution in [1.29, 1.82) is 0 Å². The summed E-state index contributed by atoms with van der Waals surface area (Å²) in [4.78, 5) is 0.261. The van der Waals surface area contributed by atoms with Gasteiger partial charge in [0.1, 0.15) is 0 Å². The van der Waals surface area contributed by atoms with E-state index in [-0.39, 0.29) is 4.90 Å². The Balaban J connectivity index is 2.42. The minimum atomic E-state index is -3.46. The maximum atomic E-state index is 12.7. The lowest BCUT2D eigenvalue weighted by molar-refractivity contribution is 0.281. The van der Waals surface area contributed by atoms with Gasteiger partial charge in [-0.1, -0.05) is 18.5 Å². The quantitative estimate of drug-likeness (QED) is 0.797. The van der Waals surface area contributed by atoms with E-state index in [9.17, 15) is 8.42 Å². The van der Waals surface area contributed by atoms with Crippen LogP contribution in [0.4, 0.5) is 0 Å². The zero-order valence-electron chi connectivity index (χ0n) is 11.0. The van der Waals surface area contributed by atoms with Gasteiger partial charge in [-0.2, -0.15) is 4.31 Å². The van der Waals surface area contributed by atoms with Crippen LogP contribution in [0.1, 0.15) is 25.3 Å². The number of hydrogen-bond acceptors (Lipinski definition) is 2. The van der Waals surface area contributed by atoms with Gasteiger partial charge >= 0.3 is 0 Å². The van der Waals surface area contributed by atoms with Gasteiger partial charge in [0.2, 0.25) is 10.0 Å². The maximum Gasteiger partial charge on any atom is 0.244 e. The molecule has 1 aromatic carbocycles. The normalized spacial score (nSPS) is 21.6. The van der Waals surface area contributed by atoms with Gasteiger partial charge in [0, 0.05) is 22.6 Å². The van der Waals surface area contributed by atoms with Crippen LogP contribution in [0.15, 0.2) is 21.5 Å². The van der Waals surface area contributed by atoms with Crippen LogP contribution in [0.25, 0.3) is 0 Å². The zero-order chi connectivity index (χ0) is 14.2. The lowest BCUT2D eigenvalue weighted by Gasteiger charge is -2.30. The van der Waals surface area contributed by atoms with Crippen LogP contribution in [-0.4, -0.2) is 25.8 Å². The van der Waals surface area contributed by atoms with E-state index in [4.69, 9.17) is 11.6 Å². The zero-order valence-corrected chi connectivity index (χ0v) is 14.1. The Hall–Kier alpha value is -0.100. The van der Waals surface area contributed by atoms with E-state index in [1.165, 1.54) is 6.07 Å². The summed E-state index contributed by atoms with van der Waals surface area (Å²) in [6, 6.07) is 3.29. The van der Waals surface area contributed by atoms with Crippen LogP contribution in [0.2, 0.25) is 5.02 Å². The molecule has 106 valence electrons. The lowest BCUT2D eigenvalue weighted by Crippen LogP contribution is -2.39. The van der Waals surface area contributed by atoms with Crippen LogP contribution in [0.3, 0.4) is 0 Å². The first-order valence-electron chi connectivity index (χ1n) is 6.28. The van der Waals surface area contributed by atoms with Crippen molar-refractivity contribution >= 4 is 37.6 Å². The number of rotatable bonds is 2. The Labute approximate surface area is 128 Å². The van der Waals surface area contributed by atoms with Gasteiger partial charge in [-0.3, -0.25) is 0 Å². The third-order valence-corrected chi connectivity index (χ3v) is 6.68. The first kappa shape index (κ1) is 15.3. The molecule has 1 unspecified atom stereocenters. The van der Waals surface area contributed by atoms with Gasteiger partial charge < -0.3 is 0 Å². The minimum absolute atomic E-state index is 0.261. The highest BCUT2D eigenvalue weighted by Gasteiger charge is 2.30. The summed E-state index contributed by atoms with van der Waals surface area (Å²) in [5, 5.41) is 0.479. The number of halogens is 2. The monoisotopic (exact) mass is 365 g/mol. The standard InChI is InChI=1S/C13H17BrClNO2S/c1-9-4-3-5-16(8-9)19(17,18)13-7-12(15)10(2)6-11(13)14/h6-7,9H,3-5,8H2,1-2H3. The first-order chi connectivity index (χ1) is 8.82. The molecule has 1 aliphatic heterocycles. The SMILES string of the molecule is Cc1cc(Br)c(S(=O)(=O)N2CCCC(C)C2)cc1Cl. The highest BCUT2D eigenvalue weighted by Crippen LogP contribution is 2.32. The van der Waals surface area contributed by atoms with Gasteiger partial charge in [-0.05, 0) is 59.3 Å². The summed E-state index contributed by atoms with van der Waals surface area (Å²) in [6.07, 6.45) is 2.00. The third kappa shape index (κ3) is 3.15. The van der Waals surface area contributed by atoms with E-state index in [0.29, 0.717) is 28.5 Å². The molecule has 1 heterocycles. The van der Waals surface area contributed by atoms with Gasteiger partial charge in [-0.15, -0.1) is 0 Å². The Morgan fingerprint density at radius 3 is 2.74 bits per heavy atom. The van der Waals surface area contributed by atoms with E-state index in [2.05, 4.69) is 22.9 Å². The number of aryl methyl sites for hydroxylation is 1. The molecule has 6 heteroatoms. The van der Waals surface area contributed by atoms with Crippen molar-refractivity contribution < 1.29 is 8.42 Å². The lowest BCUT2D eigenvalue weighted by atomic mass is 10.0. The van der Waals surface area contributed by atoms with Crippen LogP contribution in [-0.2, 0) is 10.0 Å². The van der Waals surface area contributed by atoms with Gasteiger partial charge in [-0.25, -0.2) is 8.42 Å². The van der Waals surface area contributed by atoms with Crippen LogP contribution in [0.5, 0.6) is 0 Å². The summed E-state index contributed by atoms with van der Waals surface area (Å²) < 4.78 is 27.4. The molecule has 1 atom stereocenters. The molecule has 1 aliphatic rings. The summed E-state index contributed by atoms with van der Waals surface area (Å²) in [7, 11) is -3.46. The number of nitrogens with zero attached hydrogens (tertiary/aromatic N) is 1. The molecule has 0 spiro atoms. The summed E-state index contributed by atoms with van der Waals surface area (Å²) >= 11 is 9.39. The van der Waals surface area contributed by atoms with Gasteiger partial charge in [0.25, 0.3) is 0 Å². The molecule has 1 saturated heterocycles. The molecule has 0 N–H and O–H groups in total. The van der Waals surface area contributed by atoms with Crippen molar-refractivity contribution in [2.45, 2.75) is 31.6 Å². The molecule has 0 aromatic heterocycles. The predicted octanol–water partition coefficient (Wildman–Crippen LogP) is 3.83. The van der Waals surface area contributed by atoms with Crippen molar-refractivity contribution in [1.82, 2.24) is 4.31 Å². The van der Waals surface area contributed by atoms with Crippen LogP contribution >= 0.6 is 27.5 Å². The molecule has 0 aliphatic carbocycles. The fourth-order valence-corrected chi connectivity index (χ4v) is 5.30. The Morgan fingerprint density at radius 1 is 1.42 bits per heavy atom.